The monoisotopic (exact) mass is 347 g/mol. The fraction of sp³-hybridized carbons (Fsp3) is 0.188. The molecular formula is C16H14ClN3O2S. The van der Waals surface area contributed by atoms with Crippen molar-refractivity contribution in [3.8, 4) is 0 Å². The molecule has 0 saturated carbocycles. The zero-order valence-electron chi connectivity index (χ0n) is 12.6. The van der Waals surface area contributed by atoms with Crippen molar-refractivity contribution in [3.05, 3.63) is 57.0 Å². The predicted molar refractivity (Wildman–Crippen MR) is 93.4 cm³/mol. The van der Waals surface area contributed by atoms with Crippen LogP contribution in [0.4, 0.5) is 5.13 Å². The Labute approximate surface area is 141 Å². The molecule has 0 radical (unpaired) electrons. The van der Waals surface area contributed by atoms with E-state index in [1.165, 1.54) is 23.5 Å². The van der Waals surface area contributed by atoms with Gasteiger partial charge in [-0.05, 0) is 32.0 Å². The summed E-state index contributed by atoms with van der Waals surface area (Å²) in [6.45, 7) is 3.75. The molecule has 0 bridgehead atoms. The lowest BCUT2D eigenvalue weighted by atomic mass is 10.3. The van der Waals surface area contributed by atoms with Crippen molar-refractivity contribution < 1.29 is 4.79 Å². The summed E-state index contributed by atoms with van der Waals surface area (Å²) >= 11 is 7.33. The van der Waals surface area contributed by atoms with Crippen LogP contribution in [0.2, 0.25) is 5.02 Å². The second-order valence-electron chi connectivity index (χ2n) is 5.24. The number of aromatic nitrogens is 2. The van der Waals surface area contributed by atoms with Crippen LogP contribution in [0.3, 0.4) is 0 Å². The maximum Gasteiger partial charge on any atom is 0.246 e. The number of nitrogens with one attached hydrogen (secondary N) is 1. The molecule has 2 aromatic heterocycles. The number of pyridine rings is 1. The first-order valence-electron chi connectivity index (χ1n) is 6.96. The third kappa shape index (κ3) is 3.43. The predicted octanol–water partition coefficient (Wildman–Crippen LogP) is 3.37. The quantitative estimate of drug-likeness (QED) is 0.790. The van der Waals surface area contributed by atoms with Gasteiger partial charge in [0, 0.05) is 28.5 Å². The van der Waals surface area contributed by atoms with Crippen molar-refractivity contribution in [2.24, 2.45) is 0 Å². The van der Waals surface area contributed by atoms with E-state index in [-0.39, 0.29) is 17.9 Å². The first kappa shape index (κ1) is 15.7. The van der Waals surface area contributed by atoms with Crippen molar-refractivity contribution in [1.82, 2.24) is 9.55 Å². The summed E-state index contributed by atoms with van der Waals surface area (Å²) < 4.78 is 2.71. The summed E-state index contributed by atoms with van der Waals surface area (Å²) in [5.41, 5.74) is 2.24. The van der Waals surface area contributed by atoms with E-state index in [0.29, 0.717) is 10.2 Å². The molecule has 5 nitrogen and oxygen atoms in total. The Bertz CT molecular complexity index is 935. The lowest BCUT2D eigenvalue weighted by molar-refractivity contribution is -0.116. The fourth-order valence-electron chi connectivity index (χ4n) is 2.39. The number of hydrogen-bond acceptors (Lipinski definition) is 4. The van der Waals surface area contributed by atoms with Crippen molar-refractivity contribution in [1.29, 1.82) is 0 Å². The number of carbonyl (C=O) groups excluding carboxylic acids is 1. The summed E-state index contributed by atoms with van der Waals surface area (Å²) in [4.78, 5) is 28.0. The zero-order valence-corrected chi connectivity index (χ0v) is 14.2. The highest BCUT2D eigenvalue weighted by molar-refractivity contribution is 7.22. The van der Waals surface area contributed by atoms with Crippen LogP contribution in [0, 0.1) is 13.8 Å². The van der Waals surface area contributed by atoms with Gasteiger partial charge in [-0.1, -0.05) is 22.9 Å². The molecule has 118 valence electrons. The van der Waals surface area contributed by atoms with E-state index in [9.17, 15) is 9.59 Å². The molecule has 3 aromatic rings. The lowest BCUT2D eigenvalue weighted by Gasteiger charge is -2.13. The minimum Gasteiger partial charge on any atom is -0.340 e. The van der Waals surface area contributed by atoms with Crippen molar-refractivity contribution in [3.63, 3.8) is 0 Å². The van der Waals surface area contributed by atoms with Crippen LogP contribution in [-0.2, 0) is 11.3 Å². The third-order valence-corrected chi connectivity index (χ3v) is 4.62. The second-order valence-corrected chi connectivity index (χ2v) is 6.71. The van der Waals surface area contributed by atoms with Crippen LogP contribution in [-0.4, -0.2) is 15.5 Å². The van der Waals surface area contributed by atoms with Gasteiger partial charge in [0.1, 0.15) is 6.54 Å². The molecule has 0 saturated heterocycles. The highest BCUT2D eigenvalue weighted by Crippen LogP contribution is 2.28. The third-order valence-electron chi connectivity index (χ3n) is 3.45. The molecule has 0 unspecified atom stereocenters. The van der Waals surface area contributed by atoms with Crippen LogP contribution in [0.25, 0.3) is 10.2 Å². The maximum absolute atomic E-state index is 12.2. The normalized spacial score (nSPS) is 10.9. The molecular weight excluding hydrogens is 334 g/mol. The van der Waals surface area contributed by atoms with Crippen molar-refractivity contribution in [2.75, 3.05) is 5.32 Å². The highest BCUT2D eigenvalue weighted by Gasteiger charge is 2.11. The largest absolute Gasteiger partial charge is 0.340 e. The van der Waals surface area contributed by atoms with Gasteiger partial charge < -0.3 is 9.88 Å². The molecule has 1 amide bonds. The molecule has 2 heterocycles. The fourth-order valence-corrected chi connectivity index (χ4v) is 3.55. The number of anilines is 1. The van der Waals surface area contributed by atoms with Gasteiger partial charge in [-0.2, -0.15) is 0 Å². The zero-order chi connectivity index (χ0) is 16.6. The molecule has 0 spiro atoms. The van der Waals surface area contributed by atoms with Crippen molar-refractivity contribution >= 4 is 44.2 Å². The molecule has 0 aliphatic heterocycles. The Morgan fingerprint density at radius 3 is 2.65 bits per heavy atom. The summed E-state index contributed by atoms with van der Waals surface area (Å²) in [6, 6.07) is 8.43. The average molecular weight is 348 g/mol. The van der Waals surface area contributed by atoms with Gasteiger partial charge in [-0.25, -0.2) is 4.98 Å². The summed E-state index contributed by atoms with van der Waals surface area (Å²) in [6.07, 6.45) is 0. The topological polar surface area (TPSA) is 64.0 Å². The summed E-state index contributed by atoms with van der Waals surface area (Å²) in [5, 5.41) is 3.96. The molecule has 0 aliphatic rings. The number of aryl methyl sites for hydroxylation is 2. The SMILES string of the molecule is Cc1cc(=O)cc(C)n1CC(=O)Nc1nc2ccc(Cl)cc2s1. The van der Waals surface area contributed by atoms with E-state index >= 15 is 0 Å². The number of halogens is 1. The second kappa shape index (κ2) is 6.14. The van der Waals surface area contributed by atoms with Gasteiger partial charge in [0.2, 0.25) is 5.91 Å². The van der Waals surface area contributed by atoms with Crippen molar-refractivity contribution in [2.45, 2.75) is 20.4 Å². The standard InChI is InChI=1S/C16H14ClN3O2S/c1-9-5-12(21)6-10(2)20(9)8-15(22)19-16-18-13-4-3-11(17)7-14(13)23-16/h3-7H,8H2,1-2H3,(H,18,19,22). The Balaban J connectivity index is 1.80. The van der Waals surface area contributed by atoms with E-state index < -0.39 is 0 Å². The van der Waals surface area contributed by atoms with Crippen LogP contribution in [0.1, 0.15) is 11.4 Å². The smallest absolute Gasteiger partial charge is 0.246 e. The van der Waals surface area contributed by atoms with E-state index in [1.54, 1.807) is 24.5 Å². The Morgan fingerprint density at radius 2 is 1.96 bits per heavy atom. The first-order valence-corrected chi connectivity index (χ1v) is 8.16. The highest BCUT2D eigenvalue weighted by atomic mass is 35.5. The molecule has 0 atom stereocenters. The molecule has 3 rings (SSSR count). The van der Waals surface area contributed by atoms with Gasteiger partial charge in [0.15, 0.2) is 10.6 Å². The molecule has 7 heteroatoms. The van der Waals surface area contributed by atoms with E-state index in [4.69, 9.17) is 11.6 Å². The Morgan fingerprint density at radius 1 is 1.26 bits per heavy atom. The van der Waals surface area contributed by atoms with Gasteiger partial charge in [0.25, 0.3) is 0 Å². The van der Waals surface area contributed by atoms with Crippen LogP contribution >= 0.6 is 22.9 Å². The summed E-state index contributed by atoms with van der Waals surface area (Å²) in [5.74, 6) is -0.190. The molecule has 1 aromatic carbocycles. The number of benzene rings is 1. The number of thiazole rings is 1. The number of hydrogen-bond donors (Lipinski definition) is 1. The number of carbonyl (C=O) groups is 1. The van der Waals surface area contributed by atoms with Crippen LogP contribution in [0.5, 0.6) is 0 Å². The Kier molecular flexibility index (Phi) is 4.19. The molecule has 1 N–H and O–H groups in total. The minimum absolute atomic E-state index is 0.0558. The molecule has 0 fully saturated rings. The molecule has 0 aliphatic carbocycles. The maximum atomic E-state index is 12.2. The average Bonchev–Trinajstić information content (AvgIpc) is 2.84. The van der Waals surface area contributed by atoms with E-state index in [2.05, 4.69) is 10.3 Å². The van der Waals surface area contributed by atoms with Gasteiger partial charge >= 0.3 is 0 Å². The van der Waals surface area contributed by atoms with Gasteiger partial charge in [-0.15, -0.1) is 0 Å². The number of amides is 1. The summed E-state index contributed by atoms with van der Waals surface area (Å²) in [7, 11) is 0. The van der Waals surface area contributed by atoms with Gasteiger partial charge in [-0.3, -0.25) is 9.59 Å². The number of nitrogens with zero attached hydrogens (tertiary/aromatic N) is 2. The first-order chi connectivity index (χ1) is 10.9. The number of fused-ring (bicyclic) bond motifs is 1. The lowest BCUT2D eigenvalue weighted by Crippen LogP contribution is -2.23. The van der Waals surface area contributed by atoms with Crippen LogP contribution < -0.4 is 10.7 Å². The number of rotatable bonds is 3. The minimum atomic E-state index is -0.190. The van der Waals surface area contributed by atoms with Crippen LogP contribution in [0.15, 0.2) is 35.1 Å². The Hall–Kier alpha value is -2.18. The van der Waals surface area contributed by atoms with E-state index in [0.717, 1.165) is 21.6 Å². The van der Waals surface area contributed by atoms with Gasteiger partial charge in [0.05, 0.1) is 10.2 Å². The molecule has 23 heavy (non-hydrogen) atoms. The van der Waals surface area contributed by atoms with E-state index in [1.807, 2.05) is 12.1 Å².